The van der Waals surface area contributed by atoms with Gasteiger partial charge < -0.3 is 15.8 Å². The Bertz CT molecular complexity index is 657. The van der Waals surface area contributed by atoms with Crippen LogP contribution >= 0.6 is 0 Å². The summed E-state index contributed by atoms with van der Waals surface area (Å²) in [5.41, 5.74) is 7.31. The first kappa shape index (κ1) is 20.4. The molecule has 24 heavy (non-hydrogen) atoms. The summed E-state index contributed by atoms with van der Waals surface area (Å²) in [5.74, 6) is 0.758. The molecule has 0 aliphatic carbocycles. The Hall–Kier alpha value is -1.60. The van der Waals surface area contributed by atoms with E-state index in [2.05, 4.69) is 19.2 Å². The summed E-state index contributed by atoms with van der Waals surface area (Å²) in [6, 6.07) is 4.52. The lowest BCUT2D eigenvalue weighted by Gasteiger charge is -2.15. The van der Waals surface area contributed by atoms with Gasteiger partial charge in [0.2, 0.25) is 5.91 Å². The van der Waals surface area contributed by atoms with E-state index in [0.717, 1.165) is 24.0 Å². The molecule has 1 aromatic carbocycles. The maximum Gasteiger partial charge on any atom is 0.241 e. The Morgan fingerprint density at radius 1 is 1.29 bits per heavy atom. The van der Waals surface area contributed by atoms with E-state index in [1.165, 1.54) is 0 Å². The van der Waals surface area contributed by atoms with Gasteiger partial charge in [0, 0.05) is 18.0 Å². The lowest BCUT2D eigenvalue weighted by molar-refractivity contribution is -0.117. The van der Waals surface area contributed by atoms with Crippen LogP contribution in [-0.2, 0) is 14.6 Å². The number of nitrogens with two attached hydrogens (primary N) is 1. The van der Waals surface area contributed by atoms with E-state index in [4.69, 9.17) is 10.5 Å². The van der Waals surface area contributed by atoms with E-state index in [-0.39, 0.29) is 12.2 Å². The fourth-order valence-corrected chi connectivity index (χ4v) is 2.63. The summed E-state index contributed by atoms with van der Waals surface area (Å²) in [5, 5.41) is 2.71. The fourth-order valence-electron chi connectivity index (χ4n) is 1.95. The van der Waals surface area contributed by atoms with Gasteiger partial charge in [-0.05, 0) is 37.3 Å². The zero-order valence-corrected chi connectivity index (χ0v) is 15.7. The molecule has 0 spiro atoms. The number of benzene rings is 1. The van der Waals surface area contributed by atoms with Crippen LogP contribution in [0.4, 0.5) is 5.69 Å². The molecule has 0 saturated heterocycles. The predicted octanol–water partition coefficient (Wildman–Crippen LogP) is 2.12. The number of anilines is 1. The smallest absolute Gasteiger partial charge is 0.241 e. The van der Waals surface area contributed by atoms with Crippen molar-refractivity contribution >= 4 is 21.4 Å². The Labute approximate surface area is 144 Å². The number of amides is 1. The molecule has 0 bridgehead atoms. The zero-order valence-electron chi connectivity index (χ0n) is 14.8. The van der Waals surface area contributed by atoms with Crippen molar-refractivity contribution in [1.29, 1.82) is 0 Å². The fraction of sp³-hybridized carbons (Fsp3) is 0.588. The molecule has 1 atom stereocenters. The van der Waals surface area contributed by atoms with Crippen LogP contribution in [-0.4, -0.2) is 39.0 Å². The Morgan fingerprint density at radius 3 is 2.54 bits per heavy atom. The number of carbonyl (C=O) groups excluding carboxylic acids is 1. The van der Waals surface area contributed by atoms with Gasteiger partial charge in [-0.15, -0.1) is 0 Å². The van der Waals surface area contributed by atoms with Crippen LogP contribution in [0.3, 0.4) is 0 Å². The van der Waals surface area contributed by atoms with Gasteiger partial charge in [-0.25, -0.2) is 8.42 Å². The SMILES string of the molecule is Cc1ccc(NC(=O)C(N)CCS(C)(=O)=O)cc1OCCC(C)C. The number of ether oxygens (including phenoxy) is 1. The molecule has 0 fully saturated rings. The Kier molecular flexibility index (Phi) is 7.69. The second-order valence-corrected chi connectivity index (χ2v) is 8.79. The molecule has 0 aromatic heterocycles. The van der Waals surface area contributed by atoms with Crippen molar-refractivity contribution in [3.63, 3.8) is 0 Å². The van der Waals surface area contributed by atoms with Crippen LogP contribution in [0.2, 0.25) is 0 Å². The van der Waals surface area contributed by atoms with E-state index in [1.807, 2.05) is 13.0 Å². The van der Waals surface area contributed by atoms with Crippen molar-refractivity contribution < 1.29 is 17.9 Å². The van der Waals surface area contributed by atoms with E-state index < -0.39 is 21.8 Å². The predicted molar refractivity (Wildman–Crippen MR) is 97.1 cm³/mol. The summed E-state index contributed by atoms with van der Waals surface area (Å²) < 4.78 is 28.0. The number of nitrogens with one attached hydrogen (secondary N) is 1. The first-order valence-electron chi connectivity index (χ1n) is 8.06. The van der Waals surface area contributed by atoms with Crippen LogP contribution in [0.25, 0.3) is 0 Å². The van der Waals surface area contributed by atoms with Crippen LogP contribution in [0, 0.1) is 12.8 Å². The van der Waals surface area contributed by atoms with E-state index >= 15 is 0 Å². The standard InChI is InChI=1S/C17H28N2O4S/c1-12(2)7-9-23-16-11-14(6-5-13(16)3)19-17(20)15(18)8-10-24(4,21)22/h5-6,11-12,15H,7-10,18H2,1-4H3,(H,19,20). The molecule has 0 aliphatic rings. The third kappa shape index (κ3) is 7.79. The molecular formula is C17H28N2O4S. The summed E-state index contributed by atoms with van der Waals surface area (Å²) in [7, 11) is -3.14. The molecule has 0 heterocycles. The average Bonchev–Trinajstić information content (AvgIpc) is 2.46. The summed E-state index contributed by atoms with van der Waals surface area (Å²) in [4.78, 5) is 12.1. The van der Waals surface area contributed by atoms with Gasteiger partial charge in [-0.3, -0.25) is 4.79 Å². The highest BCUT2D eigenvalue weighted by Gasteiger charge is 2.16. The minimum absolute atomic E-state index is 0.0915. The van der Waals surface area contributed by atoms with Crippen molar-refractivity contribution in [2.75, 3.05) is 23.9 Å². The second-order valence-electron chi connectivity index (χ2n) is 6.53. The quantitative estimate of drug-likeness (QED) is 0.706. The van der Waals surface area contributed by atoms with Gasteiger partial charge in [0.15, 0.2) is 0 Å². The second kappa shape index (κ2) is 9.03. The van der Waals surface area contributed by atoms with Crippen LogP contribution in [0.1, 0.15) is 32.3 Å². The largest absolute Gasteiger partial charge is 0.493 e. The van der Waals surface area contributed by atoms with Gasteiger partial charge in [0.1, 0.15) is 15.6 Å². The van der Waals surface area contributed by atoms with Crippen LogP contribution < -0.4 is 15.8 Å². The molecular weight excluding hydrogens is 328 g/mol. The summed E-state index contributed by atoms with van der Waals surface area (Å²) in [6.45, 7) is 6.81. The van der Waals surface area contributed by atoms with Gasteiger partial charge in [-0.1, -0.05) is 19.9 Å². The molecule has 0 aliphatic heterocycles. The average molecular weight is 356 g/mol. The lowest BCUT2D eigenvalue weighted by atomic mass is 10.1. The summed E-state index contributed by atoms with van der Waals surface area (Å²) >= 11 is 0. The van der Waals surface area contributed by atoms with Gasteiger partial charge in [-0.2, -0.15) is 0 Å². The number of carbonyl (C=O) groups is 1. The zero-order chi connectivity index (χ0) is 18.3. The normalized spacial score (nSPS) is 12.9. The lowest BCUT2D eigenvalue weighted by Crippen LogP contribution is -2.37. The van der Waals surface area contributed by atoms with Gasteiger partial charge in [0.25, 0.3) is 0 Å². The molecule has 136 valence electrons. The van der Waals surface area contributed by atoms with E-state index in [9.17, 15) is 13.2 Å². The summed E-state index contributed by atoms with van der Waals surface area (Å²) in [6.07, 6.45) is 2.17. The van der Waals surface area contributed by atoms with Crippen molar-refractivity contribution in [2.24, 2.45) is 11.7 Å². The third-order valence-electron chi connectivity index (χ3n) is 3.54. The van der Waals surface area contributed by atoms with Gasteiger partial charge in [0.05, 0.1) is 18.4 Å². The molecule has 1 rings (SSSR count). The number of hydrogen-bond acceptors (Lipinski definition) is 5. The highest BCUT2D eigenvalue weighted by atomic mass is 32.2. The van der Waals surface area contributed by atoms with Crippen molar-refractivity contribution in [3.8, 4) is 5.75 Å². The maximum atomic E-state index is 12.1. The molecule has 0 radical (unpaired) electrons. The molecule has 1 unspecified atom stereocenters. The molecule has 1 amide bonds. The Morgan fingerprint density at radius 2 is 1.96 bits per heavy atom. The minimum Gasteiger partial charge on any atom is -0.493 e. The van der Waals surface area contributed by atoms with Crippen LogP contribution in [0.15, 0.2) is 18.2 Å². The maximum absolute atomic E-state index is 12.1. The van der Waals surface area contributed by atoms with E-state index in [1.54, 1.807) is 12.1 Å². The monoisotopic (exact) mass is 356 g/mol. The number of sulfone groups is 1. The highest BCUT2D eigenvalue weighted by molar-refractivity contribution is 7.90. The highest BCUT2D eigenvalue weighted by Crippen LogP contribution is 2.23. The molecule has 3 N–H and O–H groups in total. The van der Waals surface area contributed by atoms with Crippen molar-refractivity contribution in [2.45, 2.75) is 39.7 Å². The number of rotatable bonds is 9. The third-order valence-corrected chi connectivity index (χ3v) is 4.52. The number of hydrogen-bond donors (Lipinski definition) is 2. The molecule has 0 saturated carbocycles. The molecule has 7 heteroatoms. The molecule has 1 aromatic rings. The van der Waals surface area contributed by atoms with Crippen LogP contribution in [0.5, 0.6) is 5.75 Å². The first-order valence-corrected chi connectivity index (χ1v) is 10.1. The number of aryl methyl sites for hydroxylation is 1. The molecule has 6 nitrogen and oxygen atoms in total. The van der Waals surface area contributed by atoms with Crippen molar-refractivity contribution in [3.05, 3.63) is 23.8 Å². The van der Waals surface area contributed by atoms with Crippen molar-refractivity contribution in [1.82, 2.24) is 0 Å². The van der Waals surface area contributed by atoms with E-state index in [0.29, 0.717) is 18.2 Å². The Balaban J connectivity index is 2.65. The topological polar surface area (TPSA) is 98.5 Å². The van der Waals surface area contributed by atoms with Gasteiger partial charge >= 0.3 is 0 Å². The first-order chi connectivity index (χ1) is 11.1. The minimum atomic E-state index is -3.14.